The summed E-state index contributed by atoms with van der Waals surface area (Å²) >= 11 is 5.80. The fraction of sp³-hybridized carbons (Fsp3) is 0.300. The fourth-order valence-electron chi connectivity index (χ4n) is 2.57. The molecule has 0 fully saturated rings. The number of carbonyl (C=O) groups is 2. The topological polar surface area (TPSA) is 61.4 Å². The molecular formula is C20H24ClN3O2. The van der Waals surface area contributed by atoms with Gasteiger partial charge in [0.25, 0.3) is 5.91 Å². The van der Waals surface area contributed by atoms with Crippen molar-refractivity contribution in [2.24, 2.45) is 0 Å². The Morgan fingerprint density at radius 1 is 1.00 bits per heavy atom. The van der Waals surface area contributed by atoms with Crippen molar-refractivity contribution in [1.29, 1.82) is 0 Å². The first kappa shape index (κ1) is 19.9. The number of nitrogens with zero attached hydrogens (tertiary/aromatic N) is 1. The van der Waals surface area contributed by atoms with Gasteiger partial charge in [-0.15, -0.1) is 0 Å². The van der Waals surface area contributed by atoms with Crippen LogP contribution in [0.3, 0.4) is 0 Å². The molecule has 0 heterocycles. The van der Waals surface area contributed by atoms with Crippen LogP contribution in [0, 0.1) is 0 Å². The van der Waals surface area contributed by atoms with Crippen molar-refractivity contribution in [3.05, 3.63) is 70.7 Å². The second kappa shape index (κ2) is 9.94. The standard InChI is InChI=1S/C20H24ClN3O2/c1-24(2)18(15-6-4-3-5-7-15)14-23-19(25)12-13-22-20(26)16-8-10-17(21)11-9-16/h3-11,18H,12-14H2,1-2H3,(H,22,26)(H,23,25). The molecule has 0 saturated carbocycles. The predicted molar refractivity (Wildman–Crippen MR) is 104 cm³/mol. The molecule has 0 saturated heterocycles. The van der Waals surface area contributed by atoms with E-state index in [-0.39, 0.29) is 30.8 Å². The highest BCUT2D eigenvalue weighted by atomic mass is 35.5. The number of nitrogens with one attached hydrogen (secondary N) is 2. The smallest absolute Gasteiger partial charge is 0.251 e. The number of amides is 2. The molecule has 2 rings (SSSR count). The zero-order chi connectivity index (χ0) is 18.9. The molecule has 1 atom stereocenters. The molecule has 2 N–H and O–H groups in total. The molecule has 0 aliphatic carbocycles. The summed E-state index contributed by atoms with van der Waals surface area (Å²) in [7, 11) is 3.96. The van der Waals surface area contributed by atoms with Crippen LogP contribution >= 0.6 is 11.6 Å². The summed E-state index contributed by atoms with van der Waals surface area (Å²) in [5, 5.41) is 6.25. The highest BCUT2D eigenvalue weighted by Crippen LogP contribution is 2.16. The first-order chi connectivity index (χ1) is 12.5. The largest absolute Gasteiger partial charge is 0.354 e. The molecule has 5 nitrogen and oxygen atoms in total. The van der Waals surface area contributed by atoms with Gasteiger partial charge < -0.3 is 15.5 Å². The van der Waals surface area contributed by atoms with E-state index in [1.54, 1.807) is 24.3 Å². The Kier molecular flexibility index (Phi) is 7.63. The molecule has 26 heavy (non-hydrogen) atoms. The lowest BCUT2D eigenvalue weighted by molar-refractivity contribution is -0.121. The lowest BCUT2D eigenvalue weighted by atomic mass is 10.1. The van der Waals surface area contributed by atoms with Gasteiger partial charge in [-0.3, -0.25) is 9.59 Å². The van der Waals surface area contributed by atoms with Crippen LogP contribution in [-0.4, -0.2) is 43.9 Å². The summed E-state index contributed by atoms with van der Waals surface area (Å²) in [6.45, 7) is 0.798. The van der Waals surface area contributed by atoms with Gasteiger partial charge in [0.2, 0.25) is 5.91 Å². The van der Waals surface area contributed by atoms with Crippen molar-refractivity contribution in [3.8, 4) is 0 Å². The predicted octanol–water partition coefficient (Wildman–Crippen LogP) is 2.88. The van der Waals surface area contributed by atoms with Gasteiger partial charge in [0.15, 0.2) is 0 Å². The average Bonchev–Trinajstić information content (AvgIpc) is 2.63. The minimum absolute atomic E-state index is 0.0933. The Morgan fingerprint density at radius 2 is 1.65 bits per heavy atom. The highest BCUT2D eigenvalue weighted by Gasteiger charge is 2.15. The van der Waals surface area contributed by atoms with Crippen LogP contribution in [0.15, 0.2) is 54.6 Å². The minimum atomic E-state index is -0.218. The van der Waals surface area contributed by atoms with E-state index in [9.17, 15) is 9.59 Å². The summed E-state index contributed by atoms with van der Waals surface area (Å²) < 4.78 is 0. The van der Waals surface area contributed by atoms with E-state index in [4.69, 9.17) is 11.6 Å². The van der Waals surface area contributed by atoms with Crippen molar-refractivity contribution in [1.82, 2.24) is 15.5 Å². The molecule has 2 aromatic carbocycles. The highest BCUT2D eigenvalue weighted by molar-refractivity contribution is 6.30. The van der Waals surface area contributed by atoms with Crippen LogP contribution < -0.4 is 10.6 Å². The Bertz CT molecular complexity index is 718. The lowest BCUT2D eigenvalue weighted by Crippen LogP contribution is -2.36. The van der Waals surface area contributed by atoms with E-state index >= 15 is 0 Å². The van der Waals surface area contributed by atoms with Gasteiger partial charge in [0, 0.05) is 30.1 Å². The number of rotatable bonds is 8. The van der Waals surface area contributed by atoms with Crippen molar-refractivity contribution >= 4 is 23.4 Å². The van der Waals surface area contributed by atoms with Crippen LogP contribution in [0.4, 0.5) is 0 Å². The number of hydrogen-bond donors (Lipinski definition) is 2. The number of benzene rings is 2. The monoisotopic (exact) mass is 373 g/mol. The van der Waals surface area contributed by atoms with Gasteiger partial charge >= 0.3 is 0 Å². The van der Waals surface area contributed by atoms with Gasteiger partial charge in [-0.2, -0.15) is 0 Å². The van der Waals surface area contributed by atoms with Gasteiger partial charge in [0.05, 0.1) is 6.04 Å². The SMILES string of the molecule is CN(C)C(CNC(=O)CCNC(=O)c1ccc(Cl)cc1)c1ccccc1. The fourth-order valence-corrected chi connectivity index (χ4v) is 2.69. The van der Waals surface area contributed by atoms with E-state index < -0.39 is 0 Å². The quantitative estimate of drug-likeness (QED) is 0.748. The van der Waals surface area contributed by atoms with Crippen molar-refractivity contribution < 1.29 is 9.59 Å². The lowest BCUT2D eigenvalue weighted by Gasteiger charge is -2.25. The summed E-state index contributed by atoms with van der Waals surface area (Å²) in [5.74, 6) is -0.311. The van der Waals surface area contributed by atoms with Crippen LogP contribution in [0.25, 0.3) is 0 Å². The zero-order valence-electron chi connectivity index (χ0n) is 15.0. The van der Waals surface area contributed by atoms with Crippen LogP contribution in [-0.2, 0) is 4.79 Å². The van der Waals surface area contributed by atoms with E-state index in [1.807, 2.05) is 44.4 Å². The zero-order valence-corrected chi connectivity index (χ0v) is 15.8. The van der Waals surface area contributed by atoms with Crippen molar-refractivity contribution in [2.75, 3.05) is 27.2 Å². The Hall–Kier alpha value is -2.37. The molecule has 6 heteroatoms. The summed E-state index contributed by atoms with van der Waals surface area (Å²) in [5.41, 5.74) is 1.67. The average molecular weight is 374 g/mol. The summed E-state index contributed by atoms with van der Waals surface area (Å²) in [6.07, 6.45) is 0.230. The van der Waals surface area contributed by atoms with Crippen LogP contribution in [0.5, 0.6) is 0 Å². The molecular weight excluding hydrogens is 350 g/mol. The minimum Gasteiger partial charge on any atom is -0.354 e. The molecule has 0 aliphatic heterocycles. The van der Waals surface area contributed by atoms with Gasteiger partial charge in [-0.25, -0.2) is 0 Å². The van der Waals surface area contributed by atoms with E-state index in [0.717, 1.165) is 5.56 Å². The molecule has 0 bridgehead atoms. The Balaban J connectivity index is 1.76. The normalized spacial score (nSPS) is 11.8. The third kappa shape index (κ3) is 6.17. The second-order valence-corrected chi connectivity index (χ2v) is 6.64. The van der Waals surface area contributed by atoms with E-state index in [1.165, 1.54) is 0 Å². The number of hydrogen-bond acceptors (Lipinski definition) is 3. The van der Waals surface area contributed by atoms with Crippen LogP contribution in [0.2, 0.25) is 5.02 Å². The molecule has 0 spiro atoms. The summed E-state index contributed by atoms with van der Waals surface area (Å²) in [4.78, 5) is 26.1. The second-order valence-electron chi connectivity index (χ2n) is 6.21. The maximum absolute atomic E-state index is 12.1. The first-order valence-corrected chi connectivity index (χ1v) is 8.87. The van der Waals surface area contributed by atoms with Gasteiger partial charge in [-0.05, 0) is 43.9 Å². The van der Waals surface area contributed by atoms with E-state index in [2.05, 4.69) is 15.5 Å². The third-order valence-electron chi connectivity index (χ3n) is 4.04. The summed E-state index contributed by atoms with van der Waals surface area (Å²) in [6, 6.07) is 16.8. The molecule has 0 aliphatic rings. The maximum atomic E-state index is 12.1. The molecule has 0 aromatic heterocycles. The van der Waals surface area contributed by atoms with E-state index in [0.29, 0.717) is 17.1 Å². The molecule has 0 radical (unpaired) electrons. The van der Waals surface area contributed by atoms with Crippen molar-refractivity contribution in [2.45, 2.75) is 12.5 Å². The van der Waals surface area contributed by atoms with Crippen molar-refractivity contribution in [3.63, 3.8) is 0 Å². The van der Waals surface area contributed by atoms with Crippen LogP contribution in [0.1, 0.15) is 28.4 Å². The Morgan fingerprint density at radius 3 is 2.27 bits per heavy atom. The molecule has 2 amide bonds. The molecule has 138 valence electrons. The number of carbonyl (C=O) groups excluding carboxylic acids is 2. The molecule has 2 aromatic rings. The van der Waals surface area contributed by atoms with Gasteiger partial charge in [-0.1, -0.05) is 41.9 Å². The van der Waals surface area contributed by atoms with Gasteiger partial charge in [0.1, 0.15) is 0 Å². The first-order valence-electron chi connectivity index (χ1n) is 8.49. The maximum Gasteiger partial charge on any atom is 0.251 e. The third-order valence-corrected chi connectivity index (χ3v) is 4.30. The Labute approximate surface area is 159 Å². The number of likely N-dealkylation sites (N-methyl/N-ethyl adjacent to an activating group) is 1. The molecule has 1 unspecified atom stereocenters. The number of halogens is 1.